The summed E-state index contributed by atoms with van der Waals surface area (Å²) in [6.07, 6.45) is 4.57. The van der Waals surface area contributed by atoms with Crippen molar-refractivity contribution in [2.45, 2.75) is 61.1 Å². The Hall–Kier alpha value is -1.71. The van der Waals surface area contributed by atoms with Crippen molar-refractivity contribution in [3.8, 4) is 6.07 Å². The molecule has 4 fully saturated rings. The molecule has 5 rings (SSSR count). The zero-order valence-electron chi connectivity index (χ0n) is 16.5. The number of nitrogens with zero attached hydrogens (tertiary/aromatic N) is 2. The van der Waals surface area contributed by atoms with E-state index in [4.69, 9.17) is 22.3 Å². The van der Waals surface area contributed by atoms with Gasteiger partial charge in [0.2, 0.25) is 0 Å². The van der Waals surface area contributed by atoms with Crippen molar-refractivity contribution < 1.29 is 9.90 Å². The quantitative estimate of drug-likeness (QED) is 0.385. The molecule has 154 valence electrons. The first kappa shape index (κ1) is 20.6. The second kappa shape index (κ2) is 7.52. The number of aliphatic carboxylic acids is 1. The number of carbonyl (C=O) groups is 1. The average molecular weight is 432 g/mol. The number of rotatable bonds is 6. The van der Waals surface area contributed by atoms with E-state index in [0.29, 0.717) is 29.6 Å². The summed E-state index contributed by atoms with van der Waals surface area (Å²) in [7, 11) is 0. The minimum atomic E-state index is -0.639. The van der Waals surface area contributed by atoms with E-state index in [-0.39, 0.29) is 24.3 Å². The van der Waals surface area contributed by atoms with E-state index >= 15 is 0 Å². The van der Waals surface area contributed by atoms with Crippen LogP contribution in [0.4, 0.5) is 0 Å². The average Bonchev–Trinajstić information content (AvgIpc) is 2.66. The summed E-state index contributed by atoms with van der Waals surface area (Å²) in [6.45, 7) is 1.96. The number of benzene rings is 1. The summed E-state index contributed by atoms with van der Waals surface area (Å²) in [5.41, 5.74) is 5.97. The number of halogens is 1. The smallest absolute Gasteiger partial charge is 0.309 e. The third-order valence-electron chi connectivity index (χ3n) is 7.08. The predicted molar refractivity (Wildman–Crippen MR) is 115 cm³/mol. The van der Waals surface area contributed by atoms with Crippen molar-refractivity contribution in [2.24, 2.45) is 33.9 Å². The van der Waals surface area contributed by atoms with E-state index in [0.717, 1.165) is 24.2 Å². The number of carboxylic acids is 1. The fourth-order valence-electron chi connectivity index (χ4n) is 5.86. The van der Waals surface area contributed by atoms with E-state index < -0.39 is 16.1 Å². The maximum absolute atomic E-state index is 11.9. The van der Waals surface area contributed by atoms with Gasteiger partial charge in [-0.2, -0.15) is 5.26 Å². The van der Waals surface area contributed by atoms with Crippen LogP contribution in [0, 0.1) is 34.5 Å². The summed E-state index contributed by atoms with van der Waals surface area (Å²) < 4.78 is -0.637. The highest BCUT2D eigenvalue weighted by Gasteiger charge is 2.59. The van der Waals surface area contributed by atoms with Crippen LogP contribution in [-0.2, 0) is 4.79 Å². The molecule has 0 heterocycles. The van der Waals surface area contributed by atoms with Gasteiger partial charge in [-0.05, 0) is 81.0 Å². The molecule has 0 aliphatic heterocycles. The largest absolute Gasteiger partial charge is 0.481 e. The molecular formula is C22H26ClN3O2S. The minimum absolute atomic E-state index is 0.0721. The van der Waals surface area contributed by atoms with Gasteiger partial charge >= 0.3 is 5.97 Å². The lowest BCUT2D eigenvalue weighted by molar-refractivity contribution is -0.166. The SMILES string of the molecule is CC(CC#N)(Sc1ccc(Cl)cc1)C(N)=NC1C2CC3CC1CC(C(=O)O)(C3)C2. The Morgan fingerprint density at radius 2 is 1.97 bits per heavy atom. The monoisotopic (exact) mass is 431 g/mol. The number of nitrogens with two attached hydrogens (primary N) is 1. The molecule has 3 unspecified atom stereocenters. The van der Waals surface area contributed by atoms with Crippen LogP contribution in [0.15, 0.2) is 34.2 Å². The zero-order valence-corrected chi connectivity index (χ0v) is 18.0. The van der Waals surface area contributed by atoms with E-state index in [1.807, 2.05) is 31.2 Å². The van der Waals surface area contributed by atoms with Gasteiger partial charge in [0.1, 0.15) is 5.84 Å². The number of amidine groups is 1. The Morgan fingerprint density at radius 1 is 1.34 bits per heavy atom. The van der Waals surface area contributed by atoms with Crippen LogP contribution in [-0.4, -0.2) is 27.7 Å². The fraction of sp³-hybridized carbons (Fsp3) is 0.591. The molecule has 4 bridgehead atoms. The fourth-order valence-corrected chi connectivity index (χ4v) is 7.07. The highest BCUT2D eigenvalue weighted by Crippen LogP contribution is 2.61. The molecule has 4 aliphatic carbocycles. The molecule has 0 aromatic heterocycles. The van der Waals surface area contributed by atoms with Crippen molar-refractivity contribution in [3.63, 3.8) is 0 Å². The summed E-state index contributed by atoms with van der Waals surface area (Å²) in [4.78, 5) is 17.9. The number of carboxylic acid groups (broad SMARTS) is 1. The second-order valence-corrected chi connectivity index (χ2v) is 11.2. The molecule has 29 heavy (non-hydrogen) atoms. The molecule has 0 radical (unpaired) electrons. The normalized spacial score (nSPS) is 35.1. The molecule has 4 aliphatic rings. The molecule has 0 amide bonds. The van der Waals surface area contributed by atoms with Crippen LogP contribution in [0.3, 0.4) is 0 Å². The Bertz CT molecular complexity index is 865. The van der Waals surface area contributed by atoms with Crippen LogP contribution in [0.5, 0.6) is 0 Å². The zero-order chi connectivity index (χ0) is 20.8. The van der Waals surface area contributed by atoms with Gasteiger partial charge in [0, 0.05) is 9.92 Å². The van der Waals surface area contributed by atoms with Crippen LogP contribution >= 0.6 is 23.4 Å². The number of thioether (sulfide) groups is 1. The molecule has 1 aromatic rings. The first-order valence-corrected chi connectivity index (χ1v) is 11.3. The lowest BCUT2D eigenvalue weighted by Gasteiger charge is -2.57. The van der Waals surface area contributed by atoms with Crippen molar-refractivity contribution in [1.29, 1.82) is 5.26 Å². The third kappa shape index (κ3) is 3.75. The van der Waals surface area contributed by atoms with Crippen LogP contribution in [0.1, 0.15) is 45.4 Å². The van der Waals surface area contributed by atoms with Gasteiger partial charge in [-0.1, -0.05) is 11.6 Å². The van der Waals surface area contributed by atoms with Crippen molar-refractivity contribution in [3.05, 3.63) is 29.3 Å². The maximum atomic E-state index is 11.9. The summed E-state index contributed by atoms with van der Waals surface area (Å²) >= 11 is 7.52. The van der Waals surface area contributed by atoms with Gasteiger partial charge in [0.05, 0.1) is 28.7 Å². The van der Waals surface area contributed by atoms with E-state index in [1.54, 1.807) is 0 Å². The topological polar surface area (TPSA) is 99.5 Å². The first-order valence-electron chi connectivity index (χ1n) is 10.1. The molecule has 5 nitrogen and oxygen atoms in total. The number of hydrogen-bond donors (Lipinski definition) is 2. The van der Waals surface area contributed by atoms with Crippen LogP contribution < -0.4 is 5.73 Å². The van der Waals surface area contributed by atoms with Gasteiger partial charge in [0.15, 0.2) is 0 Å². The van der Waals surface area contributed by atoms with Crippen LogP contribution in [0.2, 0.25) is 5.02 Å². The summed E-state index contributed by atoms with van der Waals surface area (Å²) in [5, 5.41) is 19.9. The molecule has 0 spiro atoms. The van der Waals surface area contributed by atoms with Gasteiger partial charge in [-0.3, -0.25) is 9.79 Å². The Morgan fingerprint density at radius 3 is 2.52 bits per heavy atom. The van der Waals surface area contributed by atoms with Crippen molar-refractivity contribution in [2.75, 3.05) is 0 Å². The van der Waals surface area contributed by atoms with E-state index in [1.165, 1.54) is 11.8 Å². The Labute approximate surface area is 180 Å². The highest BCUT2D eigenvalue weighted by atomic mass is 35.5. The number of hydrogen-bond acceptors (Lipinski definition) is 4. The Balaban J connectivity index is 1.58. The number of nitriles is 1. The lowest BCUT2D eigenvalue weighted by atomic mass is 9.48. The van der Waals surface area contributed by atoms with Gasteiger partial charge in [-0.15, -0.1) is 11.8 Å². The molecule has 1 aromatic carbocycles. The van der Waals surface area contributed by atoms with Crippen LogP contribution in [0.25, 0.3) is 0 Å². The lowest BCUT2D eigenvalue weighted by Crippen LogP contribution is -2.56. The van der Waals surface area contributed by atoms with E-state index in [2.05, 4.69) is 6.07 Å². The molecule has 0 saturated heterocycles. The van der Waals surface area contributed by atoms with Crippen molar-refractivity contribution in [1.82, 2.24) is 0 Å². The predicted octanol–water partition coefficient (Wildman–Crippen LogP) is 4.74. The second-order valence-electron chi connectivity index (χ2n) is 9.18. The Kier molecular flexibility index (Phi) is 5.33. The molecule has 3 atom stereocenters. The van der Waals surface area contributed by atoms with Crippen molar-refractivity contribution >= 4 is 35.2 Å². The molecule has 3 N–H and O–H groups in total. The third-order valence-corrected chi connectivity index (χ3v) is 8.64. The molecular weight excluding hydrogens is 406 g/mol. The highest BCUT2D eigenvalue weighted by molar-refractivity contribution is 8.01. The number of aliphatic imine (C=N–C) groups is 1. The molecule has 7 heteroatoms. The standard InChI is InChI=1S/C22H26ClN3O2S/c1-21(6-7-24,29-17-4-2-16(23)3-5-17)19(25)26-18-14-8-13-9-15(18)12-22(10-13,11-14)20(27)28/h2-5,13-15,18H,6,8-12H2,1H3,(H2,25,26)(H,27,28). The first-order chi connectivity index (χ1) is 13.7. The maximum Gasteiger partial charge on any atom is 0.309 e. The minimum Gasteiger partial charge on any atom is -0.481 e. The van der Waals surface area contributed by atoms with Gasteiger partial charge < -0.3 is 10.8 Å². The molecule has 4 saturated carbocycles. The van der Waals surface area contributed by atoms with Gasteiger partial charge in [-0.25, -0.2) is 0 Å². The summed E-state index contributed by atoms with van der Waals surface area (Å²) in [5.74, 6) is 0.913. The summed E-state index contributed by atoms with van der Waals surface area (Å²) in [6, 6.07) is 9.84. The van der Waals surface area contributed by atoms with E-state index in [9.17, 15) is 15.2 Å². The van der Waals surface area contributed by atoms with Gasteiger partial charge in [0.25, 0.3) is 0 Å².